The molecule has 1 saturated heterocycles. The molecule has 5 nitrogen and oxygen atoms in total. The van der Waals surface area contributed by atoms with Crippen molar-refractivity contribution in [2.24, 2.45) is 0 Å². The van der Waals surface area contributed by atoms with Crippen molar-refractivity contribution in [3.05, 3.63) is 23.9 Å². The SMILES string of the molecule is CNCCC(=O)NCc1ccc(N2CCCCCC2)nc1. The van der Waals surface area contributed by atoms with Crippen LogP contribution in [-0.2, 0) is 11.3 Å². The largest absolute Gasteiger partial charge is 0.357 e. The van der Waals surface area contributed by atoms with Crippen LogP contribution in [0.15, 0.2) is 18.3 Å². The third kappa shape index (κ3) is 5.34. The van der Waals surface area contributed by atoms with E-state index in [-0.39, 0.29) is 5.91 Å². The average Bonchev–Trinajstić information content (AvgIpc) is 2.80. The summed E-state index contributed by atoms with van der Waals surface area (Å²) in [6.07, 6.45) is 7.55. The smallest absolute Gasteiger partial charge is 0.221 e. The van der Waals surface area contributed by atoms with E-state index in [9.17, 15) is 4.79 Å². The zero-order valence-electron chi connectivity index (χ0n) is 12.9. The normalized spacial score (nSPS) is 15.6. The summed E-state index contributed by atoms with van der Waals surface area (Å²) >= 11 is 0. The topological polar surface area (TPSA) is 57.3 Å². The first kappa shape index (κ1) is 15.8. The number of rotatable bonds is 6. The van der Waals surface area contributed by atoms with E-state index in [0.29, 0.717) is 19.5 Å². The predicted molar refractivity (Wildman–Crippen MR) is 85.3 cm³/mol. The summed E-state index contributed by atoms with van der Waals surface area (Å²) in [4.78, 5) is 18.5. The van der Waals surface area contributed by atoms with E-state index in [1.54, 1.807) is 0 Å². The molecule has 2 rings (SSSR count). The molecule has 0 spiro atoms. The fraction of sp³-hybridized carbons (Fsp3) is 0.625. The second-order valence-corrected chi connectivity index (χ2v) is 5.56. The molecule has 21 heavy (non-hydrogen) atoms. The fourth-order valence-electron chi connectivity index (χ4n) is 2.54. The van der Waals surface area contributed by atoms with Crippen molar-refractivity contribution in [2.45, 2.75) is 38.6 Å². The molecule has 0 aromatic carbocycles. The molecule has 2 heterocycles. The van der Waals surface area contributed by atoms with Crippen LogP contribution >= 0.6 is 0 Å². The molecule has 0 bridgehead atoms. The van der Waals surface area contributed by atoms with Gasteiger partial charge >= 0.3 is 0 Å². The van der Waals surface area contributed by atoms with Crippen molar-refractivity contribution in [1.82, 2.24) is 15.6 Å². The molecule has 1 fully saturated rings. The van der Waals surface area contributed by atoms with Gasteiger partial charge in [-0.3, -0.25) is 4.79 Å². The second-order valence-electron chi connectivity index (χ2n) is 5.56. The second kappa shape index (κ2) is 8.62. The number of carbonyl (C=O) groups is 1. The summed E-state index contributed by atoms with van der Waals surface area (Å²) in [5.41, 5.74) is 1.05. The highest BCUT2D eigenvalue weighted by Crippen LogP contribution is 2.17. The number of carbonyl (C=O) groups excluding carboxylic acids is 1. The maximum atomic E-state index is 11.5. The number of nitrogens with one attached hydrogen (secondary N) is 2. The van der Waals surface area contributed by atoms with Crippen molar-refractivity contribution in [3.63, 3.8) is 0 Å². The number of hydrogen-bond donors (Lipinski definition) is 2. The van der Waals surface area contributed by atoms with Crippen molar-refractivity contribution >= 4 is 11.7 Å². The van der Waals surface area contributed by atoms with Gasteiger partial charge < -0.3 is 15.5 Å². The number of anilines is 1. The minimum absolute atomic E-state index is 0.0703. The number of amides is 1. The van der Waals surface area contributed by atoms with Gasteiger partial charge in [0, 0.05) is 38.8 Å². The molecule has 0 saturated carbocycles. The van der Waals surface area contributed by atoms with Gasteiger partial charge in [-0.15, -0.1) is 0 Å². The van der Waals surface area contributed by atoms with Crippen molar-refractivity contribution in [2.75, 3.05) is 31.6 Å². The molecule has 0 atom stereocenters. The first-order chi connectivity index (χ1) is 10.3. The monoisotopic (exact) mass is 290 g/mol. The van der Waals surface area contributed by atoms with E-state index in [1.165, 1.54) is 25.7 Å². The van der Waals surface area contributed by atoms with E-state index >= 15 is 0 Å². The van der Waals surface area contributed by atoms with Crippen LogP contribution in [0.1, 0.15) is 37.7 Å². The highest BCUT2D eigenvalue weighted by molar-refractivity contribution is 5.76. The van der Waals surface area contributed by atoms with Gasteiger partial charge in [0.2, 0.25) is 5.91 Å². The van der Waals surface area contributed by atoms with E-state index in [1.807, 2.05) is 13.2 Å². The molecule has 1 aliphatic heterocycles. The average molecular weight is 290 g/mol. The van der Waals surface area contributed by atoms with Gasteiger partial charge in [-0.05, 0) is 31.5 Å². The number of hydrogen-bond acceptors (Lipinski definition) is 4. The molecule has 5 heteroatoms. The Morgan fingerprint density at radius 3 is 2.62 bits per heavy atom. The molecule has 116 valence electrons. The highest BCUT2D eigenvalue weighted by Gasteiger charge is 2.10. The van der Waals surface area contributed by atoms with E-state index in [2.05, 4.69) is 32.7 Å². The Morgan fingerprint density at radius 1 is 1.24 bits per heavy atom. The Hall–Kier alpha value is -1.62. The maximum absolute atomic E-state index is 11.5. The summed E-state index contributed by atoms with van der Waals surface area (Å²) < 4.78 is 0. The van der Waals surface area contributed by atoms with Crippen LogP contribution in [-0.4, -0.2) is 37.6 Å². The zero-order chi connectivity index (χ0) is 14.9. The highest BCUT2D eigenvalue weighted by atomic mass is 16.1. The number of aromatic nitrogens is 1. The quantitative estimate of drug-likeness (QED) is 0.837. The third-order valence-corrected chi connectivity index (χ3v) is 3.83. The van der Waals surface area contributed by atoms with Gasteiger partial charge in [0.15, 0.2) is 0 Å². The Balaban J connectivity index is 1.82. The van der Waals surface area contributed by atoms with Gasteiger partial charge in [-0.1, -0.05) is 18.9 Å². The van der Waals surface area contributed by atoms with Crippen molar-refractivity contribution < 1.29 is 4.79 Å². The summed E-state index contributed by atoms with van der Waals surface area (Å²) in [5, 5.41) is 5.88. The minimum atomic E-state index is 0.0703. The summed E-state index contributed by atoms with van der Waals surface area (Å²) in [6, 6.07) is 4.13. The predicted octanol–water partition coefficient (Wildman–Crippen LogP) is 1.69. The molecular weight excluding hydrogens is 264 g/mol. The molecule has 0 aliphatic carbocycles. The number of pyridine rings is 1. The van der Waals surface area contributed by atoms with Crippen LogP contribution in [0.3, 0.4) is 0 Å². The van der Waals surface area contributed by atoms with Gasteiger partial charge in [0.1, 0.15) is 5.82 Å². The molecule has 0 radical (unpaired) electrons. The standard InChI is InChI=1S/C16H26N4O/c1-17-9-8-16(21)19-13-14-6-7-15(18-12-14)20-10-4-2-3-5-11-20/h6-7,12,17H,2-5,8-11,13H2,1H3,(H,19,21). The molecule has 1 aliphatic rings. The molecule has 0 unspecified atom stereocenters. The van der Waals surface area contributed by atoms with E-state index < -0.39 is 0 Å². The fourth-order valence-corrected chi connectivity index (χ4v) is 2.54. The Morgan fingerprint density at radius 2 is 2.00 bits per heavy atom. The van der Waals surface area contributed by atoms with Gasteiger partial charge in [0.05, 0.1) is 0 Å². The lowest BCUT2D eigenvalue weighted by molar-refractivity contribution is -0.121. The van der Waals surface area contributed by atoms with Crippen LogP contribution in [0, 0.1) is 0 Å². The summed E-state index contributed by atoms with van der Waals surface area (Å²) in [5.74, 6) is 1.13. The molecule has 1 amide bonds. The Labute approximate surface area is 127 Å². The van der Waals surface area contributed by atoms with E-state index in [4.69, 9.17) is 0 Å². The van der Waals surface area contributed by atoms with Crippen LogP contribution in [0.5, 0.6) is 0 Å². The maximum Gasteiger partial charge on any atom is 0.221 e. The van der Waals surface area contributed by atoms with E-state index in [0.717, 1.165) is 24.5 Å². The zero-order valence-corrected chi connectivity index (χ0v) is 12.9. The number of nitrogens with zero attached hydrogens (tertiary/aromatic N) is 2. The van der Waals surface area contributed by atoms with Crippen LogP contribution < -0.4 is 15.5 Å². The van der Waals surface area contributed by atoms with Crippen molar-refractivity contribution in [1.29, 1.82) is 0 Å². The summed E-state index contributed by atoms with van der Waals surface area (Å²) in [6.45, 7) is 3.47. The molecular formula is C16H26N4O. The lowest BCUT2D eigenvalue weighted by atomic mass is 10.2. The summed E-state index contributed by atoms with van der Waals surface area (Å²) in [7, 11) is 1.85. The van der Waals surface area contributed by atoms with Gasteiger partial charge in [-0.25, -0.2) is 4.98 Å². The first-order valence-electron chi connectivity index (χ1n) is 7.91. The Bertz CT molecular complexity index is 424. The molecule has 1 aromatic heterocycles. The van der Waals surface area contributed by atoms with Crippen molar-refractivity contribution in [3.8, 4) is 0 Å². The van der Waals surface area contributed by atoms with Crippen LogP contribution in [0.4, 0.5) is 5.82 Å². The minimum Gasteiger partial charge on any atom is -0.357 e. The molecule has 1 aromatic rings. The molecule has 2 N–H and O–H groups in total. The lowest BCUT2D eigenvalue weighted by Crippen LogP contribution is -2.26. The van der Waals surface area contributed by atoms with Crippen LogP contribution in [0.25, 0.3) is 0 Å². The third-order valence-electron chi connectivity index (χ3n) is 3.83. The lowest BCUT2D eigenvalue weighted by Gasteiger charge is -2.21. The first-order valence-corrected chi connectivity index (χ1v) is 7.91. The van der Waals surface area contributed by atoms with Gasteiger partial charge in [0.25, 0.3) is 0 Å². The van der Waals surface area contributed by atoms with Crippen LogP contribution in [0.2, 0.25) is 0 Å². The van der Waals surface area contributed by atoms with Gasteiger partial charge in [-0.2, -0.15) is 0 Å². The Kier molecular flexibility index (Phi) is 6.47.